The molecule has 5 rings (SSSR count). The molecule has 0 radical (unpaired) electrons. The van der Waals surface area contributed by atoms with Crippen LogP contribution in [0.3, 0.4) is 0 Å². The maximum Gasteiger partial charge on any atom is 0.233 e. The summed E-state index contributed by atoms with van der Waals surface area (Å²) >= 11 is 1.41. The topological polar surface area (TPSA) is 82.4 Å². The van der Waals surface area contributed by atoms with Crippen LogP contribution in [0, 0.1) is 0 Å². The van der Waals surface area contributed by atoms with Gasteiger partial charge in [0.2, 0.25) is 11.1 Å². The lowest BCUT2D eigenvalue weighted by molar-refractivity contribution is -0.130. The van der Waals surface area contributed by atoms with Crippen molar-refractivity contribution in [2.45, 2.75) is 36.5 Å². The van der Waals surface area contributed by atoms with Gasteiger partial charge >= 0.3 is 0 Å². The average molecular weight is 452 g/mol. The molecule has 0 unspecified atom stereocenters. The number of tetrazole rings is 1. The van der Waals surface area contributed by atoms with Crippen LogP contribution in [0.15, 0.2) is 47.6 Å². The lowest BCUT2D eigenvalue weighted by Crippen LogP contribution is -2.41. The van der Waals surface area contributed by atoms with Crippen LogP contribution < -0.4 is 9.47 Å². The Balaban J connectivity index is 1.45. The number of carbonyl (C=O) groups excluding carboxylic acids is 1. The number of ether oxygens (including phenoxy) is 2. The molecule has 1 fully saturated rings. The van der Waals surface area contributed by atoms with Gasteiger partial charge in [-0.25, -0.2) is 4.68 Å². The Morgan fingerprint density at radius 1 is 1.12 bits per heavy atom. The monoisotopic (exact) mass is 451 g/mol. The average Bonchev–Trinajstić information content (AvgIpc) is 3.58. The van der Waals surface area contributed by atoms with Gasteiger partial charge in [-0.1, -0.05) is 42.1 Å². The fraction of sp³-hybridized carbons (Fsp3) is 0.391. The molecule has 1 saturated carbocycles. The number of benzene rings is 2. The van der Waals surface area contributed by atoms with E-state index < -0.39 is 0 Å². The van der Waals surface area contributed by atoms with Crippen molar-refractivity contribution in [3.63, 3.8) is 0 Å². The normalized spacial score (nSPS) is 17.7. The number of fused-ring (bicyclic) bond motifs is 1. The van der Waals surface area contributed by atoms with E-state index >= 15 is 0 Å². The van der Waals surface area contributed by atoms with Crippen LogP contribution in [0.1, 0.15) is 41.6 Å². The molecule has 0 spiro atoms. The molecule has 9 heteroatoms. The number of methoxy groups -OCH3 is 2. The first-order chi connectivity index (χ1) is 15.7. The maximum absolute atomic E-state index is 13.4. The van der Waals surface area contributed by atoms with Crippen molar-refractivity contribution in [3.05, 3.63) is 59.2 Å². The number of aromatic nitrogens is 4. The number of nitrogens with zero attached hydrogens (tertiary/aromatic N) is 5. The Bertz CT molecular complexity index is 1120. The molecule has 0 N–H and O–H groups in total. The SMILES string of the molecule is COc1cc2c(cc1OC)[C@H](c1ccccc1)N(C(=O)CSc1nnnn1C1CC1)CC2. The summed E-state index contributed by atoms with van der Waals surface area (Å²) in [5.41, 5.74) is 3.31. The van der Waals surface area contributed by atoms with Crippen LogP contribution in [0.5, 0.6) is 11.5 Å². The largest absolute Gasteiger partial charge is 0.493 e. The summed E-state index contributed by atoms with van der Waals surface area (Å²) < 4.78 is 12.9. The van der Waals surface area contributed by atoms with Gasteiger partial charge in [-0.2, -0.15) is 0 Å². The highest BCUT2D eigenvalue weighted by molar-refractivity contribution is 7.99. The van der Waals surface area contributed by atoms with E-state index in [1.54, 1.807) is 14.2 Å². The van der Waals surface area contributed by atoms with Crippen molar-refractivity contribution in [2.75, 3.05) is 26.5 Å². The summed E-state index contributed by atoms with van der Waals surface area (Å²) in [6.45, 7) is 0.634. The molecule has 2 aliphatic rings. The van der Waals surface area contributed by atoms with Gasteiger partial charge in [0.1, 0.15) is 0 Å². The van der Waals surface area contributed by atoms with Gasteiger partial charge in [0.25, 0.3) is 0 Å². The molecule has 0 saturated heterocycles. The molecule has 32 heavy (non-hydrogen) atoms. The minimum atomic E-state index is -0.188. The quantitative estimate of drug-likeness (QED) is 0.510. The zero-order chi connectivity index (χ0) is 22.1. The number of carbonyl (C=O) groups is 1. The van der Waals surface area contributed by atoms with Crippen molar-refractivity contribution in [1.29, 1.82) is 0 Å². The molecule has 166 valence electrons. The van der Waals surface area contributed by atoms with Crippen molar-refractivity contribution in [1.82, 2.24) is 25.1 Å². The van der Waals surface area contributed by atoms with Crippen LogP contribution in [0.2, 0.25) is 0 Å². The van der Waals surface area contributed by atoms with Crippen LogP contribution in [-0.4, -0.2) is 57.5 Å². The van der Waals surface area contributed by atoms with E-state index in [2.05, 4.69) is 27.7 Å². The first-order valence-corrected chi connectivity index (χ1v) is 11.7. The van der Waals surface area contributed by atoms with Crippen molar-refractivity contribution >= 4 is 17.7 Å². The third-order valence-corrected chi connectivity index (χ3v) is 6.91. The molecule has 8 nitrogen and oxygen atoms in total. The number of amides is 1. The first-order valence-electron chi connectivity index (χ1n) is 10.7. The number of hydrogen-bond donors (Lipinski definition) is 0. The summed E-state index contributed by atoms with van der Waals surface area (Å²) in [6.07, 6.45) is 2.95. The molecule has 1 aliphatic carbocycles. The van der Waals surface area contributed by atoms with Crippen LogP contribution in [0.25, 0.3) is 0 Å². The summed E-state index contributed by atoms with van der Waals surface area (Å²) in [5.74, 6) is 1.73. The van der Waals surface area contributed by atoms with Gasteiger partial charge in [0.15, 0.2) is 11.5 Å². The van der Waals surface area contributed by atoms with E-state index in [1.165, 1.54) is 17.3 Å². The molecule has 2 aromatic carbocycles. The number of thioether (sulfide) groups is 1. The molecule has 1 aliphatic heterocycles. The molecular weight excluding hydrogens is 426 g/mol. The lowest BCUT2D eigenvalue weighted by atomic mass is 9.87. The highest BCUT2D eigenvalue weighted by atomic mass is 32.2. The van der Waals surface area contributed by atoms with Gasteiger partial charge in [-0.15, -0.1) is 5.10 Å². The summed E-state index contributed by atoms with van der Waals surface area (Å²) in [4.78, 5) is 15.4. The Hall–Kier alpha value is -3.07. The van der Waals surface area contributed by atoms with Gasteiger partial charge in [0, 0.05) is 6.54 Å². The predicted molar refractivity (Wildman–Crippen MR) is 120 cm³/mol. The van der Waals surface area contributed by atoms with Gasteiger partial charge in [-0.3, -0.25) is 4.79 Å². The lowest BCUT2D eigenvalue weighted by Gasteiger charge is -2.38. The maximum atomic E-state index is 13.4. The second-order valence-corrected chi connectivity index (χ2v) is 8.92. The zero-order valence-corrected chi connectivity index (χ0v) is 18.9. The fourth-order valence-corrected chi connectivity index (χ4v) is 5.08. The highest BCUT2D eigenvalue weighted by Gasteiger charge is 2.34. The van der Waals surface area contributed by atoms with E-state index in [1.807, 2.05) is 39.9 Å². The minimum Gasteiger partial charge on any atom is -0.493 e. The summed E-state index contributed by atoms with van der Waals surface area (Å²) in [5, 5.41) is 12.7. The molecule has 2 heterocycles. The number of rotatable bonds is 7. The predicted octanol–water partition coefficient (Wildman–Crippen LogP) is 3.29. The fourth-order valence-electron chi connectivity index (χ4n) is 4.25. The van der Waals surface area contributed by atoms with Crippen LogP contribution >= 0.6 is 11.8 Å². The first kappa shape index (κ1) is 20.8. The Morgan fingerprint density at radius 2 is 1.88 bits per heavy atom. The zero-order valence-electron chi connectivity index (χ0n) is 18.1. The van der Waals surface area contributed by atoms with Crippen LogP contribution in [-0.2, 0) is 11.2 Å². The van der Waals surface area contributed by atoms with Crippen molar-refractivity contribution < 1.29 is 14.3 Å². The molecule has 1 amide bonds. The Kier molecular flexibility index (Phi) is 5.73. The van der Waals surface area contributed by atoms with Gasteiger partial charge in [0.05, 0.1) is 32.1 Å². The Labute approximate surface area is 190 Å². The van der Waals surface area contributed by atoms with E-state index in [-0.39, 0.29) is 11.9 Å². The molecule has 0 bridgehead atoms. The molecular formula is C23H25N5O3S. The summed E-state index contributed by atoms with van der Waals surface area (Å²) in [6, 6.07) is 14.4. The van der Waals surface area contributed by atoms with E-state index in [9.17, 15) is 4.79 Å². The molecule has 3 aromatic rings. The van der Waals surface area contributed by atoms with E-state index in [0.717, 1.165) is 30.4 Å². The van der Waals surface area contributed by atoms with Gasteiger partial charge < -0.3 is 14.4 Å². The minimum absolute atomic E-state index is 0.0645. The Morgan fingerprint density at radius 3 is 2.59 bits per heavy atom. The summed E-state index contributed by atoms with van der Waals surface area (Å²) in [7, 11) is 3.28. The molecule has 1 aromatic heterocycles. The second kappa shape index (κ2) is 8.82. The third-order valence-electron chi connectivity index (χ3n) is 5.99. The standard InChI is InChI=1S/C23H25N5O3S/c1-30-19-12-16-10-11-27(21(29)14-32-23-24-25-26-28(23)17-8-9-17)22(15-6-4-3-5-7-15)18(16)13-20(19)31-2/h3-7,12-13,17,22H,8-11,14H2,1-2H3/t22-/m0/s1. The van der Waals surface area contributed by atoms with Crippen LogP contribution in [0.4, 0.5) is 0 Å². The van der Waals surface area contributed by atoms with Crippen molar-refractivity contribution in [2.24, 2.45) is 0 Å². The smallest absolute Gasteiger partial charge is 0.233 e. The number of hydrogen-bond acceptors (Lipinski definition) is 7. The van der Waals surface area contributed by atoms with Gasteiger partial charge in [-0.05, 0) is 58.5 Å². The van der Waals surface area contributed by atoms with Crippen molar-refractivity contribution in [3.8, 4) is 11.5 Å². The van der Waals surface area contributed by atoms with E-state index in [0.29, 0.717) is 35.0 Å². The van der Waals surface area contributed by atoms with E-state index in [4.69, 9.17) is 9.47 Å². The molecule has 1 atom stereocenters. The third kappa shape index (κ3) is 3.92. The highest BCUT2D eigenvalue weighted by Crippen LogP contribution is 2.41. The second-order valence-electron chi connectivity index (χ2n) is 7.98.